The summed E-state index contributed by atoms with van der Waals surface area (Å²) in [7, 11) is 0. The summed E-state index contributed by atoms with van der Waals surface area (Å²) >= 11 is 0. The van der Waals surface area contributed by atoms with Crippen LogP contribution in [0.5, 0.6) is 11.5 Å². The lowest BCUT2D eigenvalue weighted by Crippen LogP contribution is -2.25. The zero-order valence-electron chi connectivity index (χ0n) is 21.0. The molecule has 0 saturated carbocycles. The molecule has 2 amide bonds. The Kier molecular flexibility index (Phi) is 6.98. The van der Waals surface area contributed by atoms with Gasteiger partial charge in [0.1, 0.15) is 11.6 Å². The van der Waals surface area contributed by atoms with Gasteiger partial charge in [0.05, 0.1) is 11.4 Å². The van der Waals surface area contributed by atoms with Gasteiger partial charge in [-0.3, -0.25) is 14.4 Å². The number of anilines is 1. The number of rotatable bonds is 6. The summed E-state index contributed by atoms with van der Waals surface area (Å²) in [5.41, 5.74) is 3.93. The Morgan fingerprint density at radius 3 is 2.49 bits per heavy atom. The highest BCUT2D eigenvalue weighted by molar-refractivity contribution is 6.03. The molecule has 3 aromatic rings. The molecular formula is C29H26FN3O4. The smallest absolute Gasteiger partial charge is 0.300 e. The van der Waals surface area contributed by atoms with Gasteiger partial charge >= 0.3 is 0 Å². The minimum atomic E-state index is -0.621. The van der Waals surface area contributed by atoms with Gasteiger partial charge in [0.25, 0.3) is 5.91 Å². The summed E-state index contributed by atoms with van der Waals surface area (Å²) in [5, 5.41) is 5.40. The van der Waals surface area contributed by atoms with Gasteiger partial charge in [-0.05, 0) is 81.2 Å². The van der Waals surface area contributed by atoms with Gasteiger partial charge in [0.2, 0.25) is 5.91 Å². The van der Waals surface area contributed by atoms with Gasteiger partial charge < -0.3 is 19.9 Å². The van der Waals surface area contributed by atoms with E-state index in [-0.39, 0.29) is 23.6 Å². The van der Waals surface area contributed by atoms with Crippen LogP contribution in [0.1, 0.15) is 34.9 Å². The summed E-state index contributed by atoms with van der Waals surface area (Å²) in [6.07, 6.45) is 8.77. The number of likely N-dealkylation sites (N-methyl/N-ethyl adjacent to an activating group) is 1. The molecule has 0 fully saturated rings. The minimum absolute atomic E-state index is 0.147. The summed E-state index contributed by atoms with van der Waals surface area (Å²) in [5.74, 6) is 1.66. The molecule has 0 bridgehead atoms. The quantitative estimate of drug-likeness (QED) is 0.494. The fourth-order valence-corrected chi connectivity index (χ4v) is 4.38. The molecule has 0 saturated heterocycles. The number of hydrogen-bond acceptors (Lipinski definition) is 4. The number of pyridine rings is 1. The number of halogens is 1. The van der Waals surface area contributed by atoms with Crippen LogP contribution in [-0.2, 0) is 16.0 Å². The zero-order valence-corrected chi connectivity index (χ0v) is 21.0. The van der Waals surface area contributed by atoms with E-state index in [0.29, 0.717) is 62.9 Å². The van der Waals surface area contributed by atoms with E-state index in [1.165, 1.54) is 12.1 Å². The minimum Gasteiger partial charge on any atom is -0.455 e. The highest BCUT2D eigenvalue weighted by Crippen LogP contribution is 2.37. The standard InChI is InChI=1S/C29H26FN3O4/c1-6-26(34)32-21-8-9-25(37-28-16(3)10-20(30)11-17(28)4)24(14-21)33-15-18(5)27(35)22-12-19(13-23(22)33)29(36)31-7-2/h1,8-11,13-15H,7,12H2,2-5H3,(H,31,36)(H,32,34). The molecule has 1 aliphatic rings. The number of amides is 2. The maximum atomic E-state index is 13.9. The Bertz CT molecular complexity index is 1550. The van der Waals surface area contributed by atoms with E-state index in [0.717, 1.165) is 0 Å². The number of fused-ring (bicyclic) bond motifs is 1. The fraction of sp³-hybridized carbons (Fsp3) is 0.207. The van der Waals surface area contributed by atoms with Crippen molar-refractivity contribution >= 4 is 23.6 Å². The van der Waals surface area contributed by atoms with Crippen LogP contribution in [0.15, 0.2) is 46.9 Å². The summed E-state index contributed by atoms with van der Waals surface area (Å²) in [4.78, 5) is 37.4. The Morgan fingerprint density at radius 2 is 1.84 bits per heavy atom. The first kappa shape index (κ1) is 25.5. The number of ether oxygens (including phenoxy) is 1. The molecule has 0 unspecified atom stereocenters. The van der Waals surface area contributed by atoms with Gasteiger partial charge in [-0.2, -0.15) is 0 Å². The van der Waals surface area contributed by atoms with Crippen molar-refractivity contribution < 1.29 is 18.7 Å². The molecule has 37 heavy (non-hydrogen) atoms. The molecule has 4 rings (SSSR count). The third-order valence-corrected chi connectivity index (χ3v) is 6.08. The van der Waals surface area contributed by atoms with Gasteiger partial charge in [0, 0.05) is 41.5 Å². The molecule has 1 aromatic heterocycles. The number of hydrogen-bond donors (Lipinski definition) is 2. The molecule has 0 aliphatic heterocycles. The van der Waals surface area contributed by atoms with Gasteiger partial charge in [-0.15, -0.1) is 6.42 Å². The van der Waals surface area contributed by atoms with Crippen molar-refractivity contribution in [1.82, 2.24) is 9.88 Å². The molecule has 1 aliphatic carbocycles. The van der Waals surface area contributed by atoms with Crippen molar-refractivity contribution in [2.24, 2.45) is 0 Å². The number of carbonyl (C=O) groups is 2. The third kappa shape index (κ3) is 5.02. The first-order valence-electron chi connectivity index (χ1n) is 11.7. The summed E-state index contributed by atoms with van der Waals surface area (Å²) in [6, 6.07) is 7.72. The molecule has 188 valence electrons. The van der Waals surface area contributed by atoms with Crippen LogP contribution in [0.2, 0.25) is 0 Å². The average Bonchev–Trinajstić information content (AvgIpc) is 3.30. The van der Waals surface area contributed by atoms with Crippen LogP contribution in [0.3, 0.4) is 0 Å². The van der Waals surface area contributed by atoms with Crippen LogP contribution in [0.25, 0.3) is 11.8 Å². The topological polar surface area (TPSA) is 89.4 Å². The molecule has 0 spiro atoms. The second-order valence-electron chi connectivity index (χ2n) is 8.83. The van der Waals surface area contributed by atoms with Gasteiger partial charge in [-0.25, -0.2) is 4.39 Å². The molecule has 2 aromatic carbocycles. The second-order valence-corrected chi connectivity index (χ2v) is 8.83. The normalized spacial score (nSPS) is 11.8. The van der Waals surface area contributed by atoms with Crippen LogP contribution < -0.4 is 20.8 Å². The molecule has 1 heterocycles. The number of benzene rings is 2. The number of nitrogens with one attached hydrogen (secondary N) is 2. The summed E-state index contributed by atoms with van der Waals surface area (Å²) < 4.78 is 22.0. The Hall–Kier alpha value is -4.64. The first-order valence-corrected chi connectivity index (χ1v) is 11.7. The van der Waals surface area contributed by atoms with Crippen molar-refractivity contribution in [3.63, 3.8) is 0 Å². The highest BCUT2D eigenvalue weighted by Gasteiger charge is 2.26. The van der Waals surface area contributed by atoms with Gasteiger partial charge in [0.15, 0.2) is 11.2 Å². The van der Waals surface area contributed by atoms with Gasteiger partial charge in [-0.1, -0.05) is 0 Å². The SMILES string of the molecule is C#CC(=O)Nc1ccc(Oc2c(C)cc(F)cc2C)c(-n2cc(C)c(=O)c3c2C=C(C(=O)NCC)C3)c1. The van der Waals surface area contributed by atoms with Crippen molar-refractivity contribution in [3.8, 4) is 29.5 Å². The average molecular weight is 500 g/mol. The van der Waals surface area contributed by atoms with E-state index in [2.05, 4.69) is 10.6 Å². The number of carbonyl (C=O) groups excluding carboxylic acids is 2. The third-order valence-electron chi connectivity index (χ3n) is 6.08. The second kappa shape index (κ2) is 10.2. The molecule has 7 nitrogen and oxygen atoms in total. The number of aromatic nitrogens is 1. The van der Waals surface area contributed by atoms with E-state index in [4.69, 9.17) is 11.2 Å². The monoisotopic (exact) mass is 499 g/mol. The number of terminal acetylenes is 1. The van der Waals surface area contributed by atoms with E-state index >= 15 is 0 Å². The Morgan fingerprint density at radius 1 is 1.14 bits per heavy atom. The molecule has 0 radical (unpaired) electrons. The van der Waals surface area contributed by atoms with Crippen molar-refractivity contribution in [2.75, 3.05) is 11.9 Å². The maximum Gasteiger partial charge on any atom is 0.300 e. The summed E-state index contributed by atoms with van der Waals surface area (Å²) in [6.45, 7) is 7.47. The van der Waals surface area contributed by atoms with Crippen molar-refractivity contribution in [3.05, 3.63) is 86.1 Å². The number of nitrogens with zero attached hydrogens (tertiary/aromatic N) is 1. The highest BCUT2D eigenvalue weighted by atomic mass is 19.1. The van der Waals surface area contributed by atoms with Crippen LogP contribution in [-0.4, -0.2) is 22.9 Å². The maximum absolute atomic E-state index is 13.9. The lowest BCUT2D eigenvalue weighted by Gasteiger charge is -2.20. The lowest BCUT2D eigenvalue weighted by molar-refractivity contribution is -0.117. The van der Waals surface area contributed by atoms with E-state index in [1.807, 2.05) is 12.8 Å². The zero-order chi connectivity index (χ0) is 26.9. The van der Waals surface area contributed by atoms with Crippen LogP contribution in [0, 0.1) is 38.9 Å². The predicted molar refractivity (Wildman–Crippen MR) is 141 cm³/mol. The van der Waals surface area contributed by atoms with Crippen molar-refractivity contribution in [2.45, 2.75) is 34.1 Å². The van der Waals surface area contributed by atoms with Crippen molar-refractivity contribution in [1.29, 1.82) is 0 Å². The van der Waals surface area contributed by atoms with E-state index in [1.54, 1.807) is 55.8 Å². The Balaban J connectivity index is 1.93. The number of aryl methyl sites for hydroxylation is 3. The molecule has 8 heteroatoms. The fourth-order valence-electron chi connectivity index (χ4n) is 4.38. The molecular weight excluding hydrogens is 473 g/mol. The largest absolute Gasteiger partial charge is 0.455 e. The lowest BCUT2D eigenvalue weighted by atomic mass is 10.1. The Labute approximate surface area is 214 Å². The molecule has 2 N–H and O–H groups in total. The molecule has 0 atom stereocenters. The van der Waals surface area contributed by atoms with Crippen LogP contribution >= 0.6 is 0 Å². The van der Waals surface area contributed by atoms with Crippen LogP contribution in [0.4, 0.5) is 10.1 Å². The first-order chi connectivity index (χ1) is 17.6. The predicted octanol–water partition coefficient (Wildman–Crippen LogP) is 4.34. The van der Waals surface area contributed by atoms with E-state index < -0.39 is 5.91 Å². The van der Waals surface area contributed by atoms with E-state index in [9.17, 15) is 18.8 Å².